The van der Waals surface area contributed by atoms with E-state index >= 15 is 0 Å². The van der Waals surface area contributed by atoms with Crippen LogP contribution in [0, 0.1) is 0 Å². The fraction of sp³-hybridized carbons (Fsp3) is 0.231. The van der Waals surface area contributed by atoms with Crippen LogP contribution in [0.2, 0.25) is 10.2 Å². The SMILES string of the molecule is COc1cccc(Cl)c1-c1nc(Cl)c2c(n1)CSC2. The van der Waals surface area contributed by atoms with E-state index in [4.69, 9.17) is 27.9 Å². The summed E-state index contributed by atoms with van der Waals surface area (Å²) in [6.07, 6.45) is 0. The standard InChI is InChI=1S/C13H10Cl2N2OS/c1-18-10-4-2-3-8(14)11(10)13-16-9-6-19-5-7(9)12(15)17-13/h2-4H,5-6H2,1H3. The molecule has 19 heavy (non-hydrogen) atoms. The van der Waals surface area contributed by atoms with Crippen LogP contribution >= 0.6 is 35.0 Å². The van der Waals surface area contributed by atoms with E-state index in [1.54, 1.807) is 24.9 Å². The van der Waals surface area contributed by atoms with Crippen LogP contribution in [-0.4, -0.2) is 17.1 Å². The molecular formula is C13H10Cl2N2OS. The van der Waals surface area contributed by atoms with Crippen molar-refractivity contribution < 1.29 is 4.74 Å². The Labute approximate surface area is 125 Å². The quantitative estimate of drug-likeness (QED) is 0.778. The smallest absolute Gasteiger partial charge is 0.166 e. The Bertz CT molecular complexity index is 649. The molecule has 0 aliphatic carbocycles. The van der Waals surface area contributed by atoms with Crippen molar-refractivity contribution in [2.75, 3.05) is 7.11 Å². The highest BCUT2D eigenvalue weighted by Gasteiger charge is 2.21. The average molecular weight is 313 g/mol. The number of ether oxygens (including phenoxy) is 1. The third kappa shape index (κ3) is 2.29. The zero-order valence-corrected chi connectivity index (χ0v) is 12.4. The predicted molar refractivity (Wildman–Crippen MR) is 79.0 cm³/mol. The van der Waals surface area contributed by atoms with E-state index < -0.39 is 0 Å². The largest absolute Gasteiger partial charge is 0.496 e. The van der Waals surface area contributed by atoms with Gasteiger partial charge in [0.1, 0.15) is 10.9 Å². The predicted octanol–water partition coefficient (Wildman–Crippen LogP) is 4.21. The summed E-state index contributed by atoms with van der Waals surface area (Å²) in [4.78, 5) is 8.93. The molecule has 0 bridgehead atoms. The van der Waals surface area contributed by atoms with E-state index in [1.165, 1.54) is 0 Å². The molecule has 0 amide bonds. The number of hydrogen-bond donors (Lipinski definition) is 0. The molecule has 0 spiro atoms. The Balaban J connectivity index is 2.21. The van der Waals surface area contributed by atoms with Gasteiger partial charge in [0.25, 0.3) is 0 Å². The highest BCUT2D eigenvalue weighted by Crippen LogP contribution is 2.38. The number of thioether (sulfide) groups is 1. The first-order chi connectivity index (χ1) is 9.20. The summed E-state index contributed by atoms with van der Waals surface area (Å²) in [6.45, 7) is 0. The molecule has 0 fully saturated rings. The summed E-state index contributed by atoms with van der Waals surface area (Å²) in [5, 5.41) is 1.06. The molecule has 0 N–H and O–H groups in total. The molecule has 3 nitrogen and oxygen atoms in total. The van der Waals surface area contributed by atoms with Gasteiger partial charge in [-0.05, 0) is 12.1 Å². The molecular weight excluding hydrogens is 303 g/mol. The maximum atomic E-state index is 6.24. The normalized spacial score (nSPS) is 13.4. The second kappa shape index (κ2) is 5.19. The molecule has 2 aromatic rings. The molecule has 2 heterocycles. The molecule has 0 radical (unpaired) electrons. The van der Waals surface area contributed by atoms with Crippen LogP contribution in [0.1, 0.15) is 11.3 Å². The van der Waals surface area contributed by atoms with Crippen LogP contribution in [0.15, 0.2) is 18.2 Å². The summed E-state index contributed by atoms with van der Waals surface area (Å²) in [5.41, 5.74) is 2.71. The van der Waals surface area contributed by atoms with E-state index in [-0.39, 0.29) is 0 Å². The van der Waals surface area contributed by atoms with Gasteiger partial charge in [-0.25, -0.2) is 9.97 Å². The highest BCUT2D eigenvalue weighted by molar-refractivity contribution is 7.98. The first-order valence-electron chi connectivity index (χ1n) is 5.66. The summed E-state index contributed by atoms with van der Waals surface area (Å²) in [6, 6.07) is 5.45. The van der Waals surface area contributed by atoms with Crippen molar-refractivity contribution in [2.45, 2.75) is 11.5 Å². The molecule has 1 aromatic heterocycles. The van der Waals surface area contributed by atoms with Crippen LogP contribution in [0.25, 0.3) is 11.4 Å². The maximum Gasteiger partial charge on any atom is 0.166 e. The lowest BCUT2D eigenvalue weighted by Gasteiger charge is -2.10. The van der Waals surface area contributed by atoms with Crippen molar-refractivity contribution in [3.8, 4) is 17.1 Å². The Morgan fingerprint density at radius 2 is 2.05 bits per heavy atom. The van der Waals surface area contributed by atoms with E-state index in [0.29, 0.717) is 27.3 Å². The van der Waals surface area contributed by atoms with Gasteiger partial charge in [0.05, 0.1) is 23.4 Å². The van der Waals surface area contributed by atoms with Gasteiger partial charge in [0.2, 0.25) is 0 Å². The molecule has 1 aromatic carbocycles. The Morgan fingerprint density at radius 3 is 2.84 bits per heavy atom. The van der Waals surface area contributed by atoms with Gasteiger partial charge in [-0.2, -0.15) is 11.8 Å². The number of benzene rings is 1. The summed E-state index contributed by atoms with van der Waals surface area (Å²) in [7, 11) is 1.60. The molecule has 0 saturated carbocycles. The van der Waals surface area contributed by atoms with E-state index in [0.717, 1.165) is 22.8 Å². The van der Waals surface area contributed by atoms with Crippen LogP contribution in [-0.2, 0) is 11.5 Å². The van der Waals surface area contributed by atoms with Gasteiger partial charge in [-0.15, -0.1) is 0 Å². The number of methoxy groups -OCH3 is 1. The van der Waals surface area contributed by atoms with E-state index in [1.807, 2.05) is 12.1 Å². The molecule has 98 valence electrons. The third-order valence-electron chi connectivity index (χ3n) is 2.95. The molecule has 1 aliphatic heterocycles. The van der Waals surface area contributed by atoms with Crippen molar-refractivity contribution in [1.82, 2.24) is 9.97 Å². The molecule has 0 saturated heterocycles. The minimum Gasteiger partial charge on any atom is -0.496 e. The molecule has 0 atom stereocenters. The minimum atomic E-state index is 0.506. The minimum absolute atomic E-state index is 0.506. The lowest BCUT2D eigenvalue weighted by atomic mass is 10.1. The number of fused-ring (bicyclic) bond motifs is 1. The second-order valence-corrected chi connectivity index (χ2v) is 5.82. The van der Waals surface area contributed by atoms with Gasteiger partial charge >= 0.3 is 0 Å². The fourth-order valence-electron chi connectivity index (χ4n) is 2.02. The van der Waals surface area contributed by atoms with Gasteiger partial charge in [-0.1, -0.05) is 29.3 Å². The number of rotatable bonds is 2. The lowest BCUT2D eigenvalue weighted by Crippen LogP contribution is -1.99. The van der Waals surface area contributed by atoms with Crippen LogP contribution < -0.4 is 4.74 Å². The monoisotopic (exact) mass is 312 g/mol. The van der Waals surface area contributed by atoms with Crippen LogP contribution in [0.5, 0.6) is 5.75 Å². The summed E-state index contributed by atoms with van der Waals surface area (Å²) in [5.74, 6) is 2.90. The summed E-state index contributed by atoms with van der Waals surface area (Å²) >= 11 is 14.2. The Kier molecular flexibility index (Phi) is 3.56. The van der Waals surface area contributed by atoms with E-state index in [9.17, 15) is 0 Å². The first kappa shape index (κ1) is 13.0. The van der Waals surface area contributed by atoms with Gasteiger partial charge in [0, 0.05) is 17.1 Å². The zero-order valence-electron chi connectivity index (χ0n) is 10.1. The maximum absolute atomic E-state index is 6.24. The van der Waals surface area contributed by atoms with Gasteiger partial charge in [0.15, 0.2) is 5.82 Å². The van der Waals surface area contributed by atoms with Crippen molar-refractivity contribution in [1.29, 1.82) is 0 Å². The Morgan fingerprint density at radius 1 is 1.21 bits per heavy atom. The molecule has 0 unspecified atom stereocenters. The van der Waals surface area contributed by atoms with Crippen molar-refractivity contribution in [3.63, 3.8) is 0 Å². The Hall–Kier alpha value is -0.970. The highest BCUT2D eigenvalue weighted by atomic mass is 35.5. The third-order valence-corrected chi connectivity index (χ3v) is 4.54. The topological polar surface area (TPSA) is 35.0 Å². The number of halogens is 2. The fourth-order valence-corrected chi connectivity index (χ4v) is 3.64. The van der Waals surface area contributed by atoms with Crippen LogP contribution in [0.3, 0.4) is 0 Å². The van der Waals surface area contributed by atoms with Crippen molar-refractivity contribution in [3.05, 3.63) is 39.6 Å². The van der Waals surface area contributed by atoms with Gasteiger partial charge in [-0.3, -0.25) is 0 Å². The van der Waals surface area contributed by atoms with Gasteiger partial charge < -0.3 is 4.74 Å². The molecule has 6 heteroatoms. The van der Waals surface area contributed by atoms with Crippen LogP contribution in [0.4, 0.5) is 0 Å². The average Bonchev–Trinajstić information content (AvgIpc) is 2.87. The number of nitrogens with zero attached hydrogens (tertiary/aromatic N) is 2. The van der Waals surface area contributed by atoms with Crippen molar-refractivity contribution >= 4 is 35.0 Å². The second-order valence-electron chi connectivity index (χ2n) is 4.07. The number of hydrogen-bond acceptors (Lipinski definition) is 4. The van der Waals surface area contributed by atoms with Crippen molar-refractivity contribution in [2.24, 2.45) is 0 Å². The molecule has 3 rings (SSSR count). The lowest BCUT2D eigenvalue weighted by molar-refractivity contribution is 0.416. The zero-order chi connectivity index (χ0) is 13.4. The molecule has 1 aliphatic rings. The number of aromatic nitrogens is 2. The van der Waals surface area contributed by atoms with E-state index in [2.05, 4.69) is 9.97 Å². The summed E-state index contributed by atoms with van der Waals surface area (Å²) < 4.78 is 5.33. The first-order valence-corrected chi connectivity index (χ1v) is 7.57.